The molecule has 0 spiro atoms. The third-order valence-electron chi connectivity index (χ3n) is 1.67. The van der Waals surface area contributed by atoms with Crippen molar-refractivity contribution < 1.29 is 10.7 Å². The Labute approximate surface area is 89.8 Å². The smallest absolute Gasteiger partial charge is 0.130 e. The second-order valence-corrected chi connectivity index (χ2v) is 2.62. The van der Waals surface area contributed by atoms with E-state index in [1.54, 1.807) is 24.5 Å². The largest absolute Gasteiger partial charge is 0.412 e. The minimum Gasteiger partial charge on any atom is -0.412 e. The Kier molecular flexibility index (Phi) is 3.92. The summed E-state index contributed by atoms with van der Waals surface area (Å²) < 4.78 is 0. The van der Waals surface area contributed by atoms with Crippen LogP contribution >= 0.6 is 0 Å². The van der Waals surface area contributed by atoms with E-state index in [1.807, 2.05) is 12.1 Å². The molecule has 84 valence electrons. The first-order valence-corrected chi connectivity index (χ1v) is 4.17. The molecule has 16 heavy (non-hydrogen) atoms. The molecule has 0 unspecified atom stereocenters. The molecule has 0 aliphatic rings. The maximum Gasteiger partial charge on any atom is 0.130 e. The summed E-state index contributed by atoms with van der Waals surface area (Å²) in [6, 6.07) is 7.19. The summed E-state index contributed by atoms with van der Waals surface area (Å²) in [5, 5.41) is 25.4. The zero-order chi connectivity index (χ0) is 10.5. The second-order valence-electron chi connectivity index (χ2n) is 2.62. The highest BCUT2D eigenvalue weighted by molar-refractivity contribution is 5.73. The van der Waals surface area contributed by atoms with Crippen LogP contribution in [0.15, 0.2) is 36.7 Å². The molecule has 0 aliphatic carbocycles. The average Bonchev–Trinajstić information content (AvgIpc) is 2.92. The number of aromatic amines is 1. The normalized spacial score (nSPS) is 9.00. The van der Waals surface area contributed by atoms with Crippen molar-refractivity contribution in [2.24, 2.45) is 0 Å². The molecule has 0 aliphatic heterocycles. The molecule has 0 saturated heterocycles. The monoisotopic (exact) mass is 222 g/mol. The minimum absolute atomic E-state index is 0. The van der Waals surface area contributed by atoms with Crippen molar-refractivity contribution in [2.45, 2.75) is 0 Å². The van der Waals surface area contributed by atoms with Crippen LogP contribution in [0, 0.1) is 0 Å². The van der Waals surface area contributed by atoms with Crippen LogP contribution in [0.4, 0.5) is 0 Å². The summed E-state index contributed by atoms with van der Waals surface area (Å²) in [5.41, 5.74) is 1.33. The highest BCUT2D eigenvalue weighted by atomic mass is 16.5. The summed E-state index contributed by atoms with van der Waals surface area (Å²) in [6.45, 7) is 0. The van der Waals surface area contributed by atoms with Crippen LogP contribution in [-0.2, 0) is 0 Å². The first kappa shape index (κ1) is 11.6. The van der Waals surface area contributed by atoms with E-state index in [2.05, 4.69) is 25.7 Å². The summed E-state index contributed by atoms with van der Waals surface area (Å²) in [4.78, 5) is 0.759. The number of rotatable bonds is 0. The molecule has 1 aromatic carbocycles. The SMILES string of the molecule is O.On1nnc2ccccc21.c1cn[nH]n1. The summed E-state index contributed by atoms with van der Waals surface area (Å²) >= 11 is 0. The van der Waals surface area contributed by atoms with E-state index in [0.717, 1.165) is 4.85 Å². The van der Waals surface area contributed by atoms with E-state index in [0.29, 0.717) is 11.0 Å². The van der Waals surface area contributed by atoms with Crippen LogP contribution in [0.2, 0.25) is 0 Å². The quantitative estimate of drug-likeness (QED) is 0.503. The topological polar surface area (TPSA) is 124 Å². The summed E-state index contributed by atoms with van der Waals surface area (Å²) in [6.07, 6.45) is 3.17. The lowest BCUT2D eigenvalue weighted by Crippen LogP contribution is -1.90. The van der Waals surface area contributed by atoms with Gasteiger partial charge in [0.2, 0.25) is 0 Å². The van der Waals surface area contributed by atoms with Crippen LogP contribution in [0.1, 0.15) is 0 Å². The van der Waals surface area contributed by atoms with Gasteiger partial charge in [0.25, 0.3) is 0 Å². The molecule has 8 nitrogen and oxygen atoms in total. The lowest BCUT2D eigenvalue weighted by Gasteiger charge is -1.85. The van der Waals surface area contributed by atoms with Crippen molar-refractivity contribution in [2.75, 3.05) is 0 Å². The molecule has 2 heterocycles. The summed E-state index contributed by atoms with van der Waals surface area (Å²) in [5.74, 6) is 0. The molecule has 3 aromatic rings. The standard InChI is InChI=1S/C6H5N3O.C2H3N3.H2O/c10-9-6-4-2-1-3-5(6)7-8-9;1-2-4-5-3-1;/h1-4,10H;1-2H,(H,3,4,5);1H2. The molecule has 0 radical (unpaired) electrons. The number of H-pyrrole nitrogens is 1. The lowest BCUT2D eigenvalue weighted by atomic mass is 10.3. The number of hydrogen-bond acceptors (Lipinski definition) is 5. The minimum atomic E-state index is 0. The Balaban J connectivity index is 0.000000183. The van der Waals surface area contributed by atoms with Crippen molar-refractivity contribution in [1.29, 1.82) is 0 Å². The van der Waals surface area contributed by atoms with Gasteiger partial charge in [-0.1, -0.05) is 17.0 Å². The van der Waals surface area contributed by atoms with E-state index < -0.39 is 0 Å². The van der Waals surface area contributed by atoms with E-state index in [-0.39, 0.29) is 5.48 Å². The van der Waals surface area contributed by atoms with Crippen LogP contribution in [-0.4, -0.2) is 41.3 Å². The van der Waals surface area contributed by atoms with Gasteiger partial charge >= 0.3 is 0 Å². The highest BCUT2D eigenvalue weighted by Gasteiger charge is 1.98. The van der Waals surface area contributed by atoms with Gasteiger partial charge in [0.1, 0.15) is 11.0 Å². The zero-order valence-corrected chi connectivity index (χ0v) is 8.15. The number of para-hydroxylation sites is 1. The van der Waals surface area contributed by atoms with Gasteiger partial charge < -0.3 is 10.7 Å². The van der Waals surface area contributed by atoms with E-state index >= 15 is 0 Å². The number of nitrogens with one attached hydrogen (secondary N) is 1. The maximum atomic E-state index is 8.95. The van der Waals surface area contributed by atoms with Gasteiger partial charge in [-0.05, 0) is 17.3 Å². The third-order valence-corrected chi connectivity index (χ3v) is 1.67. The molecular formula is C8H10N6O2. The number of benzene rings is 1. The highest BCUT2D eigenvalue weighted by Crippen LogP contribution is 2.06. The van der Waals surface area contributed by atoms with Gasteiger partial charge in [0.05, 0.1) is 12.4 Å². The number of nitrogens with zero attached hydrogens (tertiary/aromatic N) is 5. The Bertz CT molecular complexity index is 503. The average molecular weight is 222 g/mol. The van der Waals surface area contributed by atoms with Gasteiger partial charge in [0, 0.05) is 0 Å². The zero-order valence-electron chi connectivity index (χ0n) is 8.15. The van der Waals surface area contributed by atoms with Gasteiger partial charge in [-0.15, -0.1) is 5.10 Å². The lowest BCUT2D eigenvalue weighted by molar-refractivity contribution is 0.155. The molecule has 0 atom stereocenters. The molecule has 0 bridgehead atoms. The Morgan fingerprint density at radius 2 is 1.81 bits per heavy atom. The van der Waals surface area contributed by atoms with E-state index in [9.17, 15) is 0 Å². The number of aromatic nitrogens is 6. The predicted molar refractivity (Wildman–Crippen MR) is 54.7 cm³/mol. The van der Waals surface area contributed by atoms with Crippen LogP contribution in [0.3, 0.4) is 0 Å². The molecule has 2 aromatic heterocycles. The van der Waals surface area contributed by atoms with E-state index in [4.69, 9.17) is 5.21 Å². The third kappa shape index (κ3) is 2.51. The Morgan fingerprint density at radius 1 is 1.12 bits per heavy atom. The Morgan fingerprint density at radius 3 is 2.38 bits per heavy atom. The molecule has 3 rings (SSSR count). The van der Waals surface area contributed by atoms with Crippen LogP contribution < -0.4 is 0 Å². The van der Waals surface area contributed by atoms with Gasteiger partial charge in [0.15, 0.2) is 0 Å². The van der Waals surface area contributed by atoms with Gasteiger partial charge in [-0.25, -0.2) is 0 Å². The molecular weight excluding hydrogens is 212 g/mol. The van der Waals surface area contributed by atoms with Crippen LogP contribution in [0.5, 0.6) is 0 Å². The fourth-order valence-corrected chi connectivity index (χ4v) is 1.02. The van der Waals surface area contributed by atoms with Crippen molar-refractivity contribution in [3.05, 3.63) is 36.7 Å². The Hall–Kier alpha value is -2.48. The molecule has 4 N–H and O–H groups in total. The number of hydrogen-bond donors (Lipinski definition) is 2. The second kappa shape index (κ2) is 5.41. The van der Waals surface area contributed by atoms with Crippen molar-refractivity contribution in [1.82, 2.24) is 30.6 Å². The number of fused-ring (bicyclic) bond motifs is 1. The van der Waals surface area contributed by atoms with Crippen molar-refractivity contribution in [3.8, 4) is 0 Å². The van der Waals surface area contributed by atoms with Crippen molar-refractivity contribution in [3.63, 3.8) is 0 Å². The molecule has 0 saturated carbocycles. The fourth-order valence-electron chi connectivity index (χ4n) is 1.02. The van der Waals surface area contributed by atoms with Crippen molar-refractivity contribution >= 4 is 11.0 Å². The maximum absolute atomic E-state index is 8.95. The van der Waals surface area contributed by atoms with Crippen LogP contribution in [0.25, 0.3) is 11.0 Å². The first-order valence-electron chi connectivity index (χ1n) is 4.17. The summed E-state index contributed by atoms with van der Waals surface area (Å²) in [7, 11) is 0. The predicted octanol–water partition coefficient (Wildman–Crippen LogP) is -0.351. The molecule has 8 heteroatoms. The van der Waals surface area contributed by atoms with Gasteiger partial charge in [-0.3, -0.25) is 0 Å². The molecule has 0 fully saturated rings. The fraction of sp³-hybridized carbons (Fsp3) is 0. The first-order chi connectivity index (χ1) is 7.38. The molecule has 0 amide bonds. The van der Waals surface area contributed by atoms with Gasteiger partial charge in [-0.2, -0.15) is 15.4 Å². The van der Waals surface area contributed by atoms with E-state index in [1.165, 1.54) is 0 Å².